The third-order valence-corrected chi connectivity index (χ3v) is 24.2. The lowest BCUT2D eigenvalue weighted by Gasteiger charge is -2.46. The van der Waals surface area contributed by atoms with Crippen molar-refractivity contribution in [2.24, 2.45) is 11.8 Å². The molecule has 7 heteroatoms. The maximum atomic E-state index is 7.34. The summed E-state index contributed by atoms with van der Waals surface area (Å²) in [6, 6.07) is 10.4. The molecule has 1 aromatic carbocycles. The summed E-state index contributed by atoms with van der Waals surface area (Å²) in [6.45, 7) is 43.9. The smallest absolute Gasteiger partial charge is 0.192 e. The topological polar surface area (TPSA) is 36.9 Å². The minimum Gasteiger partial charge on any atom is -0.413 e. The molecule has 0 fully saturated rings. The summed E-state index contributed by atoms with van der Waals surface area (Å²) >= 11 is 0. The minimum absolute atomic E-state index is 0.0302. The molecule has 1 rings (SSSR count). The second-order valence-electron chi connectivity index (χ2n) is 17.9. The van der Waals surface area contributed by atoms with Crippen LogP contribution < -0.4 is 0 Å². The fraction of sp³-hybridized carbons (Fsp3) is 0.784. The van der Waals surface area contributed by atoms with E-state index in [4.69, 9.17) is 18.0 Å². The average Bonchev–Trinajstić information content (AvgIpc) is 2.86. The van der Waals surface area contributed by atoms with Gasteiger partial charge in [-0.1, -0.05) is 118 Å². The van der Waals surface area contributed by atoms with Crippen LogP contribution in [0.15, 0.2) is 42.0 Å². The van der Waals surface area contributed by atoms with Crippen LogP contribution in [0.3, 0.4) is 0 Å². The van der Waals surface area contributed by atoms with Crippen LogP contribution in [-0.4, -0.2) is 50.4 Å². The Morgan fingerprint density at radius 3 is 1.68 bits per heavy atom. The average molecular weight is 665 g/mol. The second-order valence-corrected chi connectivity index (χ2v) is 32.2. The zero-order valence-corrected chi connectivity index (χ0v) is 35.2. The molecule has 0 amide bonds. The van der Waals surface area contributed by atoms with Crippen LogP contribution in [0.25, 0.3) is 0 Å². The Morgan fingerprint density at radius 1 is 0.727 bits per heavy atom. The van der Waals surface area contributed by atoms with E-state index in [9.17, 15) is 0 Å². The molecule has 0 aromatic heterocycles. The summed E-state index contributed by atoms with van der Waals surface area (Å²) in [6.07, 6.45) is 3.34. The van der Waals surface area contributed by atoms with Crippen LogP contribution >= 0.6 is 0 Å². The van der Waals surface area contributed by atoms with Gasteiger partial charge in [-0.3, -0.25) is 0 Å². The Morgan fingerprint density at radius 2 is 1.20 bits per heavy atom. The van der Waals surface area contributed by atoms with Crippen molar-refractivity contribution in [3.05, 3.63) is 47.5 Å². The van der Waals surface area contributed by atoms with E-state index in [0.29, 0.717) is 19.8 Å². The van der Waals surface area contributed by atoms with Gasteiger partial charge in [0, 0.05) is 12.5 Å². The standard InChI is InChI=1S/C37H72O4Si3/c1-29(27-39-42(13,14)35(4,5)6)26-30(2)34(41-44(17,18)37(10,11)12)31(3)33(40-43(15,16)36(7,8)9)24-25-38-28-32-22-20-19-21-23-32/h19-23,26,30-31,33-34H,24-25,27-28H2,1-18H3/b29-26+/t30-,31+,33-,34-/m1/s1. The van der Waals surface area contributed by atoms with E-state index in [-0.39, 0.29) is 39.2 Å². The Balaban J connectivity index is 3.38. The van der Waals surface area contributed by atoms with E-state index in [0.717, 1.165) is 6.42 Å². The van der Waals surface area contributed by atoms with Crippen molar-refractivity contribution < 1.29 is 18.0 Å². The van der Waals surface area contributed by atoms with Crippen molar-refractivity contribution in [2.75, 3.05) is 13.2 Å². The molecular formula is C37H72O4Si3. The molecule has 0 radical (unpaired) electrons. The first-order valence-electron chi connectivity index (χ1n) is 17.0. The Kier molecular flexibility index (Phi) is 15.1. The largest absolute Gasteiger partial charge is 0.413 e. The zero-order chi connectivity index (χ0) is 34.4. The molecule has 0 saturated heterocycles. The fourth-order valence-corrected chi connectivity index (χ4v) is 8.40. The number of hydrogen-bond acceptors (Lipinski definition) is 4. The van der Waals surface area contributed by atoms with Gasteiger partial charge in [-0.2, -0.15) is 0 Å². The molecule has 0 saturated carbocycles. The van der Waals surface area contributed by atoms with Gasteiger partial charge in [0.15, 0.2) is 25.0 Å². The molecule has 0 aliphatic rings. The monoisotopic (exact) mass is 664 g/mol. The lowest BCUT2D eigenvalue weighted by molar-refractivity contribution is -0.00315. The van der Waals surface area contributed by atoms with Crippen molar-refractivity contribution in [1.82, 2.24) is 0 Å². The number of hydrogen-bond donors (Lipinski definition) is 0. The molecule has 0 spiro atoms. The summed E-state index contributed by atoms with van der Waals surface area (Å²) < 4.78 is 27.4. The van der Waals surface area contributed by atoms with Gasteiger partial charge in [0.2, 0.25) is 0 Å². The summed E-state index contributed by atoms with van der Waals surface area (Å²) in [4.78, 5) is 0. The van der Waals surface area contributed by atoms with Crippen LogP contribution in [0.1, 0.15) is 95.1 Å². The molecule has 4 nitrogen and oxygen atoms in total. The van der Waals surface area contributed by atoms with E-state index in [2.05, 4.69) is 153 Å². The lowest BCUT2D eigenvalue weighted by Crippen LogP contribution is -2.52. The number of rotatable bonds is 16. The van der Waals surface area contributed by atoms with E-state index in [1.54, 1.807) is 0 Å². The van der Waals surface area contributed by atoms with E-state index < -0.39 is 25.0 Å². The highest BCUT2D eigenvalue weighted by molar-refractivity contribution is 6.75. The quantitative estimate of drug-likeness (QED) is 0.100. The van der Waals surface area contributed by atoms with Gasteiger partial charge in [0.1, 0.15) is 0 Å². The van der Waals surface area contributed by atoms with Crippen LogP contribution in [-0.2, 0) is 24.6 Å². The first kappa shape index (κ1) is 41.5. The summed E-state index contributed by atoms with van der Waals surface area (Å²) in [7, 11) is -5.95. The highest BCUT2D eigenvalue weighted by atomic mass is 28.4. The Hall–Kier alpha value is -0.549. The van der Waals surface area contributed by atoms with Crippen molar-refractivity contribution in [3.63, 3.8) is 0 Å². The van der Waals surface area contributed by atoms with Crippen LogP contribution in [0.2, 0.25) is 54.4 Å². The van der Waals surface area contributed by atoms with Crippen molar-refractivity contribution in [2.45, 2.75) is 163 Å². The third kappa shape index (κ3) is 12.6. The van der Waals surface area contributed by atoms with Gasteiger partial charge in [-0.25, -0.2) is 0 Å². The number of ether oxygens (including phenoxy) is 1. The summed E-state index contributed by atoms with van der Waals surface area (Å²) in [5, 5.41) is 0.427. The molecule has 0 N–H and O–H groups in total. The molecule has 0 bridgehead atoms. The van der Waals surface area contributed by atoms with Crippen LogP contribution in [0.5, 0.6) is 0 Å². The van der Waals surface area contributed by atoms with Crippen molar-refractivity contribution >= 4 is 25.0 Å². The SMILES string of the molecule is C/C(=C\[C@@H](C)[C@@H](O[Si](C)(C)C(C)(C)C)[C@@H](C)[C@@H](CCOCc1ccccc1)O[Si](C)(C)C(C)(C)C)CO[Si](C)(C)C(C)(C)C. The Labute approximate surface area is 277 Å². The van der Waals surface area contributed by atoms with Crippen molar-refractivity contribution in [3.8, 4) is 0 Å². The van der Waals surface area contributed by atoms with E-state index in [1.165, 1.54) is 11.1 Å². The fourth-order valence-electron chi connectivity index (χ4n) is 4.47. The summed E-state index contributed by atoms with van der Waals surface area (Å²) in [5.74, 6) is 0.414. The highest BCUT2D eigenvalue weighted by Crippen LogP contribution is 2.43. The molecular weight excluding hydrogens is 593 g/mol. The van der Waals surface area contributed by atoms with Gasteiger partial charge < -0.3 is 18.0 Å². The molecule has 1 aromatic rings. The molecule has 4 atom stereocenters. The third-order valence-electron chi connectivity index (χ3n) is 10.8. The molecule has 44 heavy (non-hydrogen) atoms. The van der Waals surface area contributed by atoms with Crippen LogP contribution in [0, 0.1) is 11.8 Å². The molecule has 256 valence electrons. The predicted octanol–water partition coefficient (Wildman–Crippen LogP) is 11.6. The van der Waals surface area contributed by atoms with Gasteiger partial charge in [-0.05, 0) is 79.2 Å². The maximum absolute atomic E-state index is 7.34. The first-order chi connectivity index (χ1) is 19.7. The normalized spacial score (nSPS) is 17.4. The van der Waals surface area contributed by atoms with Gasteiger partial charge in [0.25, 0.3) is 0 Å². The minimum atomic E-state index is -2.07. The second kappa shape index (κ2) is 16.0. The maximum Gasteiger partial charge on any atom is 0.192 e. The number of benzene rings is 1. The predicted molar refractivity (Wildman–Crippen MR) is 200 cm³/mol. The Bertz CT molecular complexity index is 1010. The zero-order valence-electron chi connectivity index (χ0n) is 32.2. The van der Waals surface area contributed by atoms with Crippen molar-refractivity contribution in [1.29, 1.82) is 0 Å². The highest BCUT2D eigenvalue weighted by Gasteiger charge is 2.45. The molecule has 0 unspecified atom stereocenters. The van der Waals surface area contributed by atoms with Gasteiger partial charge in [0.05, 0.1) is 25.4 Å². The first-order valence-corrected chi connectivity index (χ1v) is 25.7. The summed E-state index contributed by atoms with van der Waals surface area (Å²) in [5.41, 5.74) is 2.49. The van der Waals surface area contributed by atoms with E-state index >= 15 is 0 Å². The molecule has 0 aliphatic carbocycles. The lowest BCUT2D eigenvalue weighted by atomic mass is 9.87. The molecule has 0 heterocycles. The van der Waals surface area contributed by atoms with E-state index in [1.807, 2.05) is 6.07 Å². The van der Waals surface area contributed by atoms with Gasteiger partial charge >= 0.3 is 0 Å². The van der Waals surface area contributed by atoms with Crippen LogP contribution in [0.4, 0.5) is 0 Å². The molecule has 0 aliphatic heterocycles. The van der Waals surface area contributed by atoms with Gasteiger partial charge in [-0.15, -0.1) is 0 Å².